The lowest BCUT2D eigenvalue weighted by molar-refractivity contribution is -0.118. The third-order valence-electron chi connectivity index (χ3n) is 4.63. The lowest BCUT2D eigenvalue weighted by atomic mass is 10.2. The van der Waals surface area contributed by atoms with Crippen LogP contribution in [0.5, 0.6) is 0 Å². The molecule has 2 aromatic heterocycles. The first-order valence-electron chi connectivity index (χ1n) is 8.76. The van der Waals surface area contributed by atoms with Crippen LogP contribution in [0, 0.1) is 0 Å². The van der Waals surface area contributed by atoms with Gasteiger partial charge in [0.1, 0.15) is 0 Å². The Bertz CT molecular complexity index is 693. The number of nitrogens with one attached hydrogen (secondary N) is 1. The zero-order chi connectivity index (χ0) is 17.1. The van der Waals surface area contributed by atoms with Crippen LogP contribution in [0.1, 0.15) is 42.6 Å². The maximum atomic E-state index is 12.3. The van der Waals surface area contributed by atoms with Crippen LogP contribution in [0.15, 0.2) is 22.7 Å². The van der Waals surface area contributed by atoms with Crippen molar-refractivity contribution in [3.63, 3.8) is 0 Å². The predicted molar refractivity (Wildman–Crippen MR) is 97.7 cm³/mol. The highest BCUT2D eigenvalue weighted by Crippen LogP contribution is 2.36. The number of hydrogen-bond donors (Lipinski definition) is 1. The van der Waals surface area contributed by atoms with Gasteiger partial charge in [0.05, 0.1) is 17.8 Å². The van der Waals surface area contributed by atoms with Crippen molar-refractivity contribution in [1.82, 2.24) is 30.4 Å². The van der Waals surface area contributed by atoms with Gasteiger partial charge in [0.2, 0.25) is 11.1 Å². The van der Waals surface area contributed by atoms with Crippen molar-refractivity contribution < 1.29 is 4.79 Å². The first-order valence-corrected chi connectivity index (χ1v) is 10.6. The molecule has 1 aliphatic carbocycles. The van der Waals surface area contributed by atoms with Crippen LogP contribution in [0.2, 0.25) is 0 Å². The molecule has 2 fully saturated rings. The number of nitrogens with zero attached hydrogens (tertiary/aromatic N) is 5. The summed E-state index contributed by atoms with van der Waals surface area (Å²) in [7, 11) is 0. The maximum Gasteiger partial charge on any atom is 0.230 e. The Kier molecular flexibility index (Phi) is 5.33. The van der Waals surface area contributed by atoms with Gasteiger partial charge in [0, 0.05) is 11.4 Å². The zero-order valence-electron chi connectivity index (χ0n) is 14.0. The van der Waals surface area contributed by atoms with E-state index in [1.807, 2.05) is 4.68 Å². The summed E-state index contributed by atoms with van der Waals surface area (Å²) in [6.45, 7) is 2.89. The number of tetrazole rings is 1. The number of carbonyl (C=O) groups excluding carboxylic acids is 1. The average molecular weight is 379 g/mol. The molecule has 1 saturated heterocycles. The monoisotopic (exact) mass is 378 g/mol. The number of amides is 1. The van der Waals surface area contributed by atoms with E-state index >= 15 is 0 Å². The van der Waals surface area contributed by atoms with Gasteiger partial charge in [-0.2, -0.15) is 0 Å². The Hall–Kier alpha value is -1.45. The van der Waals surface area contributed by atoms with Crippen molar-refractivity contribution in [2.24, 2.45) is 0 Å². The van der Waals surface area contributed by atoms with Crippen molar-refractivity contribution in [2.45, 2.75) is 42.9 Å². The third kappa shape index (κ3) is 4.21. The summed E-state index contributed by atoms with van der Waals surface area (Å²) < 4.78 is 1.84. The van der Waals surface area contributed by atoms with Crippen molar-refractivity contribution in [2.75, 3.05) is 25.4 Å². The molecule has 1 atom stereocenters. The molecule has 1 aliphatic heterocycles. The second kappa shape index (κ2) is 7.84. The first-order chi connectivity index (χ1) is 12.3. The average Bonchev–Trinajstić information content (AvgIpc) is 3.08. The van der Waals surface area contributed by atoms with E-state index in [4.69, 9.17) is 0 Å². The number of thiophene rings is 1. The fourth-order valence-corrected chi connectivity index (χ4v) is 4.80. The van der Waals surface area contributed by atoms with Gasteiger partial charge >= 0.3 is 0 Å². The largest absolute Gasteiger partial charge is 0.353 e. The number of likely N-dealkylation sites (tertiary alicyclic amines) is 1. The summed E-state index contributed by atoms with van der Waals surface area (Å²) in [5.74, 6) is 0.389. The van der Waals surface area contributed by atoms with E-state index in [9.17, 15) is 4.79 Å². The van der Waals surface area contributed by atoms with E-state index in [2.05, 4.69) is 43.3 Å². The minimum Gasteiger partial charge on any atom is -0.353 e. The van der Waals surface area contributed by atoms with E-state index in [0.717, 1.165) is 31.1 Å². The molecule has 0 spiro atoms. The fourth-order valence-electron chi connectivity index (χ4n) is 3.16. The summed E-state index contributed by atoms with van der Waals surface area (Å²) in [6, 6.07) is 4.96. The quantitative estimate of drug-likeness (QED) is 0.709. The van der Waals surface area contributed by atoms with Gasteiger partial charge in [-0.25, -0.2) is 4.68 Å². The summed E-state index contributed by atoms with van der Waals surface area (Å²) >= 11 is 3.18. The highest BCUT2D eigenvalue weighted by molar-refractivity contribution is 7.99. The van der Waals surface area contributed by atoms with Crippen LogP contribution in [0.25, 0.3) is 0 Å². The molecule has 1 N–H and O–H groups in total. The smallest absolute Gasteiger partial charge is 0.230 e. The van der Waals surface area contributed by atoms with Crippen molar-refractivity contribution in [3.05, 3.63) is 22.4 Å². The lowest BCUT2D eigenvalue weighted by Crippen LogP contribution is -2.37. The molecule has 0 aromatic carbocycles. The molecule has 25 heavy (non-hydrogen) atoms. The summed E-state index contributed by atoms with van der Waals surface area (Å²) in [5, 5.41) is 17.7. The molecule has 0 bridgehead atoms. The Morgan fingerprint density at radius 2 is 2.24 bits per heavy atom. The van der Waals surface area contributed by atoms with Crippen molar-refractivity contribution >= 4 is 29.0 Å². The Labute approximate surface area is 155 Å². The van der Waals surface area contributed by atoms with Crippen molar-refractivity contribution in [1.29, 1.82) is 0 Å². The Balaban J connectivity index is 1.29. The van der Waals surface area contributed by atoms with E-state index in [1.54, 1.807) is 11.3 Å². The molecule has 9 heteroatoms. The van der Waals surface area contributed by atoms with Crippen LogP contribution in [0.4, 0.5) is 0 Å². The number of carbonyl (C=O) groups is 1. The minimum atomic E-state index is 0.0381. The molecule has 134 valence electrons. The van der Waals surface area contributed by atoms with Gasteiger partial charge in [0.25, 0.3) is 0 Å². The molecule has 7 nitrogen and oxygen atoms in total. The second-order valence-electron chi connectivity index (χ2n) is 6.50. The zero-order valence-corrected chi connectivity index (χ0v) is 15.6. The Morgan fingerprint density at radius 1 is 1.40 bits per heavy atom. The molecule has 3 heterocycles. The summed E-state index contributed by atoms with van der Waals surface area (Å²) in [5.41, 5.74) is 0. The number of aromatic nitrogens is 4. The standard InChI is InChI=1S/C16H22N6OS2/c23-15(11-25-16-18-19-20-22(16)12-5-6-12)17-10-13(14-4-3-9-24-14)21-7-1-2-8-21/h3-4,9,12-13H,1-2,5-8,10-11H2,(H,17,23). The van der Waals surface area contributed by atoms with E-state index in [-0.39, 0.29) is 11.9 Å². The van der Waals surface area contributed by atoms with Gasteiger partial charge in [-0.15, -0.1) is 16.4 Å². The van der Waals surface area contributed by atoms with Crippen LogP contribution in [-0.2, 0) is 4.79 Å². The van der Waals surface area contributed by atoms with E-state index < -0.39 is 0 Å². The molecule has 4 rings (SSSR count). The molecule has 1 amide bonds. The molecule has 2 aliphatic rings. The highest BCUT2D eigenvalue weighted by atomic mass is 32.2. The van der Waals surface area contributed by atoms with Gasteiger partial charge in [-0.1, -0.05) is 17.8 Å². The predicted octanol–water partition coefficient (Wildman–Crippen LogP) is 2.11. The van der Waals surface area contributed by atoms with Gasteiger partial charge < -0.3 is 5.32 Å². The lowest BCUT2D eigenvalue weighted by Gasteiger charge is -2.26. The van der Waals surface area contributed by atoms with Gasteiger partial charge in [0.15, 0.2) is 0 Å². The van der Waals surface area contributed by atoms with E-state index in [1.165, 1.54) is 29.5 Å². The number of hydrogen-bond acceptors (Lipinski definition) is 7. The fraction of sp³-hybridized carbons (Fsp3) is 0.625. The van der Waals surface area contributed by atoms with Gasteiger partial charge in [-0.3, -0.25) is 9.69 Å². The summed E-state index contributed by atoms with van der Waals surface area (Å²) in [4.78, 5) is 16.1. The molecule has 2 aromatic rings. The number of rotatable bonds is 8. The maximum absolute atomic E-state index is 12.3. The normalized spacial score (nSPS) is 19.2. The molecule has 1 unspecified atom stereocenters. The van der Waals surface area contributed by atoms with Crippen LogP contribution in [-0.4, -0.2) is 56.4 Å². The third-order valence-corrected chi connectivity index (χ3v) is 6.54. The first kappa shape index (κ1) is 17.0. The van der Waals surface area contributed by atoms with Crippen LogP contribution in [0.3, 0.4) is 0 Å². The molecular weight excluding hydrogens is 356 g/mol. The van der Waals surface area contributed by atoms with Crippen LogP contribution < -0.4 is 5.32 Å². The van der Waals surface area contributed by atoms with Crippen LogP contribution >= 0.6 is 23.1 Å². The molecular formula is C16H22N6OS2. The Morgan fingerprint density at radius 3 is 2.96 bits per heavy atom. The molecule has 1 saturated carbocycles. The minimum absolute atomic E-state index is 0.0381. The van der Waals surface area contributed by atoms with E-state index in [0.29, 0.717) is 18.3 Å². The van der Waals surface area contributed by atoms with Crippen molar-refractivity contribution in [3.8, 4) is 0 Å². The summed E-state index contributed by atoms with van der Waals surface area (Å²) in [6.07, 6.45) is 4.75. The SMILES string of the molecule is O=C(CSc1nnnn1C1CC1)NCC(c1cccs1)N1CCCC1. The highest BCUT2D eigenvalue weighted by Gasteiger charge is 2.28. The topological polar surface area (TPSA) is 75.9 Å². The van der Waals surface area contributed by atoms with Gasteiger partial charge in [-0.05, 0) is 60.6 Å². The molecule has 0 radical (unpaired) electrons. The number of thioether (sulfide) groups is 1. The second-order valence-corrected chi connectivity index (χ2v) is 8.43.